The van der Waals surface area contributed by atoms with Crippen molar-refractivity contribution in [3.63, 3.8) is 0 Å². The molecule has 2 aliphatic rings. The van der Waals surface area contributed by atoms with E-state index in [1.165, 1.54) is 24.9 Å². The van der Waals surface area contributed by atoms with Crippen LogP contribution in [0.15, 0.2) is 60.7 Å². The molecule has 2 aromatic carbocycles. The van der Waals surface area contributed by atoms with Crippen LogP contribution in [0.4, 0.5) is 0 Å². The zero-order valence-corrected chi connectivity index (χ0v) is 16.2. The van der Waals surface area contributed by atoms with Crippen LogP contribution in [0.2, 0.25) is 0 Å². The van der Waals surface area contributed by atoms with Gasteiger partial charge in [-0.3, -0.25) is 9.80 Å². The van der Waals surface area contributed by atoms with Crippen LogP contribution < -0.4 is 0 Å². The number of nitrogens with zero attached hydrogens (tertiary/aromatic N) is 4. The summed E-state index contributed by atoms with van der Waals surface area (Å²) in [6, 6.07) is 22.5. The number of piperazine rings is 1. The Labute approximate surface area is 166 Å². The number of nitrogens with one attached hydrogen (secondary N) is 1. The molecule has 5 rings (SSSR count). The molecule has 3 heterocycles. The Balaban J connectivity index is 1.39. The number of aromatic nitrogens is 3. The van der Waals surface area contributed by atoms with Crippen molar-refractivity contribution < 1.29 is 0 Å². The number of aromatic amines is 1. The SMILES string of the molecule is c1ccc(C[C@H]2CN3CCC[C@H]3CN2Cc2n[nH]nc2-c2ccccc2)cc1. The van der Waals surface area contributed by atoms with E-state index < -0.39 is 0 Å². The van der Waals surface area contributed by atoms with E-state index >= 15 is 0 Å². The second kappa shape index (κ2) is 7.86. The molecule has 1 aromatic heterocycles. The van der Waals surface area contributed by atoms with E-state index in [0.29, 0.717) is 12.1 Å². The lowest BCUT2D eigenvalue weighted by Crippen LogP contribution is -2.56. The average Bonchev–Trinajstić information content (AvgIpc) is 3.39. The van der Waals surface area contributed by atoms with Crippen LogP contribution in [-0.2, 0) is 13.0 Å². The van der Waals surface area contributed by atoms with Gasteiger partial charge in [0, 0.05) is 37.3 Å². The van der Waals surface area contributed by atoms with Gasteiger partial charge in [0.15, 0.2) is 0 Å². The van der Waals surface area contributed by atoms with E-state index in [1.807, 2.05) is 6.07 Å². The van der Waals surface area contributed by atoms with Crippen molar-refractivity contribution in [3.8, 4) is 11.3 Å². The number of H-pyrrole nitrogens is 1. The van der Waals surface area contributed by atoms with Crippen molar-refractivity contribution in [3.05, 3.63) is 71.9 Å². The summed E-state index contributed by atoms with van der Waals surface area (Å²) < 4.78 is 0. The molecule has 2 saturated heterocycles. The van der Waals surface area contributed by atoms with E-state index in [1.54, 1.807) is 0 Å². The van der Waals surface area contributed by atoms with Crippen molar-refractivity contribution in [2.24, 2.45) is 0 Å². The first-order valence-corrected chi connectivity index (χ1v) is 10.3. The predicted molar refractivity (Wildman–Crippen MR) is 111 cm³/mol. The molecule has 3 aromatic rings. The van der Waals surface area contributed by atoms with Gasteiger partial charge in [0.25, 0.3) is 0 Å². The minimum Gasteiger partial charge on any atom is -0.298 e. The Hall–Kier alpha value is -2.50. The Morgan fingerprint density at radius 1 is 0.929 bits per heavy atom. The maximum Gasteiger partial charge on any atom is 0.117 e. The monoisotopic (exact) mass is 373 g/mol. The number of benzene rings is 2. The minimum atomic E-state index is 0.511. The van der Waals surface area contributed by atoms with E-state index in [2.05, 4.69) is 79.8 Å². The Morgan fingerprint density at radius 3 is 2.54 bits per heavy atom. The summed E-state index contributed by atoms with van der Waals surface area (Å²) in [7, 11) is 0. The van der Waals surface area contributed by atoms with Crippen LogP contribution >= 0.6 is 0 Å². The second-order valence-electron chi connectivity index (χ2n) is 8.05. The quantitative estimate of drug-likeness (QED) is 0.745. The second-order valence-corrected chi connectivity index (χ2v) is 8.05. The maximum atomic E-state index is 4.52. The highest BCUT2D eigenvalue weighted by atomic mass is 15.4. The van der Waals surface area contributed by atoms with E-state index in [9.17, 15) is 0 Å². The van der Waals surface area contributed by atoms with Gasteiger partial charge in [-0.25, -0.2) is 0 Å². The summed E-state index contributed by atoms with van der Waals surface area (Å²) >= 11 is 0. The summed E-state index contributed by atoms with van der Waals surface area (Å²) in [5, 5.41) is 11.8. The van der Waals surface area contributed by atoms with Gasteiger partial charge in [0.2, 0.25) is 0 Å². The minimum absolute atomic E-state index is 0.511. The zero-order chi connectivity index (χ0) is 18.8. The largest absolute Gasteiger partial charge is 0.298 e. The highest BCUT2D eigenvalue weighted by Crippen LogP contribution is 2.29. The lowest BCUT2D eigenvalue weighted by Gasteiger charge is -2.43. The van der Waals surface area contributed by atoms with E-state index in [4.69, 9.17) is 0 Å². The predicted octanol–water partition coefficient (Wildman–Crippen LogP) is 3.36. The third-order valence-corrected chi connectivity index (χ3v) is 6.24. The summed E-state index contributed by atoms with van der Waals surface area (Å²) in [4.78, 5) is 5.34. The maximum absolute atomic E-state index is 4.52. The Morgan fingerprint density at radius 2 is 1.71 bits per heavy atom. The Bertz CT molecular complexity index is 892. The van der Waals surface area contributed by atoms with Crippen molar-refractivity contribution in [1.82, 2.24) is 25.2 Å². The number of hydrogen-bond donors (Lipinski definition) is 1. The smallest absolute Gasteiger partial charge is 0.117 e. The van der Waals surface area contributed by atoms with Gasteiger partial charge in [-0.05, 0) is 31.4 Å². The molecule has 1 N–H and O–H groups in total. The number of fused-ring (bicyclic) bond motifs is 1. The molecule has 2 aliphatic heterocycles. The van der Waals surface area contributed by atoms with Crippen molar-refractivity contribution >= 4 is 0 Å². The van der Waals surface area contributed by atoms with Crippen LogP contribution in [-0.4, -0.2) is 56.9 Å². The molecule has 0 saturated carbocycles. The molecule has 0 aliphatic carbocycles. The molecule has 0 spiro atoms. The highest BCUT2D eigenvalue weighted by Gasteiger charge is 2.36. The van der Waals surface area contributed by atoms with Gasteiger partial charge in [0.05, 0.1) is 0 Å². The van der Waals surface area contributed by atoms with Crippen LogP contribution in [0.5, 0.6) is 0 Å². The van der Waals surface area contributed by atoms with Crippen molar-refractivity contribution in [1.29, 1.82) is 0 Å². The molecule has 0 amide bonds. The van der Waals surface area contributed by atoms with Crippen LogP contribution in [0.25, 0.3) is 11.3 Å². The van der Waals surface area contributed by atoms with Crippen molar-refractivity contribution in [2.45, 2.75) is 37.9 Å². The zero-order valence-electron chi connectivity index (χ0n) is 16.2. The van der Waals surface area contributed by atoms with Gasteiger partial charge < -0.3 is 0 Å². The van der Waals surface area contributed by atoms with Gasteiger partial charge in [-0.1, -0.05) is 60.7 Å². The summed E-state index contributed by atoms with van der Waals surface area (Å²) in [5.74, 6) is 0. The molecule has 5 heteroatoms. The van der Waals surface area contributed by atoms with Crippen LogP contribution in [0.1, 0.15) is 24.1 Å². The van der Waals surface area contributed by atoms with Crippen LogP contribution in [0, 0.1) is 0 Å². The van der Waals surface area contributed by atoms with Gasteiger partial charge in [-0.15, -0.1) is 0 Å². The molecule has 0 radical (unpaired) electrons. The van der Waals surface area contributed by atoms with E-state index in [-0.39, 0.29) is 0 Å². The molecule has 0 bridgehead atoms. The molecule has 0 unspecified atom stereocenters. The summed E-state index contributed by atoms with van der Waals surface area (Å²) in [5.41, 5.74) is 4.58. The molecule has 5 nitrogen and oxygen atoms in total. The third kappa shape index (κ3) is 3.60. The molecular formula is C23H27N5. The normalized spacial score (nSPS) is 23.0. The molecule has 144 valence electrons. The molecule has 2 atom stereocenters. The van der Waals surface area contributed by atoms with Gasteiger partial charge in [0.1, 0.15) is 11.4 Å². The lowest BCUT2D eigenvalue weighted by atomic mass is 9.99. The first kappa shape index (κ1) is 17.6. The number of rotatable bonds is 5. The fraction of sp³-hybridized carbons (Fsp3) is 0.391. The summed E-state index contributed by atoms with van der Waals surface area (Å²) in [6.07, 6.45) is 3.73. The average molecular weight is 374 g/mol. The fourth-order valence-corrected chi connectivity index (χ4v) is 4.80. The standard InChI is InChI=1S/C23H27N5/c1-3-8-18(9-4-1)14-21-16-27-13-7-12-20(27)15-28(21)17-22-23(25-26-24-22)19-10-5-2-6-11-19/h1-6,8-11,20-21H,7,12-17H2,(H,24,25,26)/t20-,21-/m0/s1. The van der Waals surface area contributed by atoms with Gasteiger partial charge in [-0.2, -0.15) is 15.4 Å². The summed E-state index contributed by atoms with van der Waals surface area (Å²) in [6.45, 7) is 4.38. The number of hydrogen-bond acceptors (Lipinski definition) is 4. The van der Waals surface area contributed by atoms with Crippen LogP contribution in [0.3, 0.4) is 0 Å². The molecule has 2 fully saturated rings. The first-order valence-electron chi connectivity index (χ1n) is 10.3. The van der Waals surface area contributed by atoms with Gasteiger partial charge >= 0.3 is 0 Å². The van der Waals surface area contributed by atoms with Crippen molar-refractivity contribution in [2.75, 3.05) is 19.6 Å². The third-order valence-electron chi connectivity index (χ3n) is 6.24. The highest BCUT2D eigenvalue weighted by molar-refractivity contribution is 5.60. The fourth-order valence-electron chi connectivity index (χ4n) is 4.80. The first-order chi connectivity index (χ1) is 13.9. The Kier molecular flexibility index (Phi) is 4.93. The van der Waals surface area contributed by atoms with E-state index in [0.717, 1.165) is 43.0 Å². The molecular weight excluding hydrogens is 346 g/mol. The molecule has 28 heavy (non-hydrogen) atoms. The topological polar surface area (TPSA) is 48.0 Å². The lowest BCUT2D eigenvalue weighted by molar-refractivity contribution is 0.0448.